The van der Waals surface area contributed by atoms with Crippen molar-refractivity contribution in [3.05, 3.63) is 37.0 Å². The number of allylic oxidation sites excluding steroid dienone is 5. The summed E-state index contributed by atoms with van der Waals surface area (Å²) in [6, 6.07) is 0. The van der Waals surface area contributed by atoms with Crippen LogP contribution in [0.2, 0.25) is 0 Å². The van der Waals surface area contributed by atoms with Gasteiger partial charge in [-0.3, -0.25) is 0 Å². The molecule has 0 bridgehead atoms. The van der Waals surface area contributed by atoms with Crippen molar-refractivity contribution >= 4 is 0 Å². The first-order valence-electron chi connectivity index (χ1n) is 3.73. The fraction of sp³-hybridized carbons (Fsp3) is 0.400. The minimum Gasteiger partial charge on any atom is -0.0877 e. The standard InChI is InChI=1S/C10H15/c1-3-5-7-9-10-8-6-4-2/h1,3-4,6,8,10H,5,7,9H2,2H3. The Morgan fingerprint density at radius 3 is 2.60 bits per heavy atom. The third-order valence-corrected chi connectivity index (χ3v) is 1.18. The molecule has 0 aliphatic rings. The van der Waals surface area contributed by atoms with Gasteiger partial charge in [-0.05, 0) is 26.2 Å². The van der Waals surface area contributed by atoms with Gasteiger partial charge in [0.1, 0.15) is 0 Å². The second kappa shape index (κ2) is 8.22. The first-order chi connectivity index (χ1) is 4.91. The summed E-state index contributed by atoms with van der Waals surface area (Å²) in [5, 5.41) is 0. The van der Waals surface area contributed by atoms with E-state index in [-0.39, 0.29) is 0 Å². The van der Waals surface area contributed by atoms with Crippen LogP contribution < -0.4 is 0 Å². The summed E-state index contributed by atoms with van der Waals surface area (Å²) in [6.07, 6.45) is 13.3. The zero-order valence-corrected chi connectivity index (χ0v) is 6.59. The van der Waals surface area contributed by atoms with E-state index in [9.17, 15) is 0 Å². The average Bonchev–Trinajstić information content (AvgIpc) is 1.97. The molecule has 0 fully saturated rings. The molecule has 10 heavy (non-hydrogen) atoms. The van der Waals surface area contributed by atoms with Crippen LogP contribution in [0.4, 0.5) is 0 Å². The van der Waals surface area contributed by atoms with Gasteiger partial charge in [0.05, 0.1) is 0 Å². The zero-order chi connectivity index (χ0) is 7.66. The summed E-state index contributed by atoms with van der Waals surface area (Å²) in [5.74, 6) is 0. The van der Waals surface area contributed by atoms with E-state index in [2.05, 4.69) is 12.2 Å². The second-order valence-corrected chi connectivity index (χ2v) is 2.12. The lowest BCUT2D eigenvalue weighted by Crippen LogP contribution is -1.66. The van der Waals surface area contributed by atoms with Crippen molar-refractivity contribution in [2.45, 2.75) is 26.2 Å². The molecule has 0 saturated heterocycles. The molecule has 0 saturated carbocycles. The summed E-state index contributed by atoms with van der Waals surface area (Å²) >= 11 is 0. The lowest BCUT2D eigenvalue weighted by Gasteiger charge is -1.86. The van der Waals surface area contributed by atoms with E-state index in [1.807, 2.05) is 19.1 Å². The highest BCUT2D eigenvalue weighted by molar-refractivity contribution is 5.00. The molecule has 0 aromatic carbocycles. The Labute approximate surface area is 64.0 Å². The maximum Gasteiger partial charge on any atom is -0.0345 e. The first kappa shape index (κ1) is 9.22. The SMILES string of the molecule is [CH]=CCCCC=CC=CC. The molecular weight excluding hydrogens is 120 g/mol. The Kier molecular flexibility index (Phi) is 7.58. The quantitative estimate of drug-likeness (QED) is 0.401. The third kappa shape index (κ3) is 7.22. The van der Waals surface area contributed by atoms with E-state index in [0.717, 1.165) is 19.3 Å². The van der Waals surface area contributed by atoms with E-state index in [1.54, 1.807) is 6.08 Å². The topological polar surface area (TPSA) is 0 Å². The van der Waals surface area contributed by atoms with Crippen molar-refractivity contribution in [2.24, 2.45) is 0 Å². The van der Waals surface area contributed by atoms with Gasteiger partial charge in [-0.25, -0.2) is 0 Å². The fourth-order valence-electron chi connectivity index (χ4n) is 0.639. The number of hydrogen-bond donors (Lipinski definition) is 0. The van der Waals surface area contributed by atoms with Crippen molar-refractivity contribution in [1.82, 2.24) is 0 Å². The van der Waals surface area contributed by atoms with Crippen LogP contribution >= 0.6 is 0 Å². The highest BCUT2D eigenvalue weighted by atomic mass is 13.8. The minimum atomic E-state index is 1.01. The molecule has 0 unspecified atom stereocenters. The van der Waals surface area contributed by atoms with Crippen LogP contribution in [0.15, 0.2) is 30.4 Å². The lowest BCUT2D eigenvalue weighted by molar-refractivity contribution is 0.869. The fourth-order valence-corrected chi connectivity index (χ4v) is 0.639. The Balaban J connectivity index is 3.09. The van der Waals surface area contributed by atoms with Crippen molar-refractivity contribution < 1.29 is 0 Å². The van der Waals surface area contributed by atoms with Gasteiger partial charge in [0.25, 0.3) is 0 Å². The molecule has 0 aliphatic heterocycles. The highest BCUT2D eigenvalue weighted by Gasteiger charge is 1.76. The van der Waals surface area contributed by atoms with E-state index in [4.69, 9.17) is 6.58 Å². The number of rotatable bonds is 5. The van der Waals surface area contributed by atoms with E-state index in [1.165, 1.54) is 0 Å². The predicted molar refractivity (Wildman–Crippen MR) is 46.7 cm³/mol. The summed E-state index contributed by atoms with van der Waals surface area (Å²) in [5.41, 5.74) is 0. The second-order valence-electron chi connectivity index (χ2n) is 2.12. The molecule has 0 heteroatoms. The van der Waals surface area contributed by atoms with Crippen LogP contribution in [0, 0.1) is 6.58 Å². The maximum atomic E-state index is 5.21. The van der Waals surface area contributed by atoms with Crippen LogP contribution in [-0.4, -0.2) is 0 Å². The summed E-state index contributed by atoms with van der Waals surface area (Å²) in [6.45, 7) is 7.22. The maximum absolute atomic E-state index is 5.21. The Morgan fingerprint density at radius 1 is 1.20 bits per heavy atom. The van der Waals surface area contributed by atoms with E-state index >= 15 is 0 Å². The summed E-state index contributed by atoms with van der Waals surface area (Å²) < 4.78 is 0. The van der Waals surface area contributed by atoms with Gasteiger partial charge >= 0.3 is 0 Å². The van der Waals surface area contributed by atoms with Crippen molar-refractivity contribution in [1.29, 1.82) is 0 Å². The van der Waals surface area contributed by atoms with Gasteiger partial charge in [0.2, 0.25) is 0 Å². The van der Waals surface area contributed by atoms with Gasteiger partial charge in [-0.1, -0.05) is 37.0 Å². The van der Waals surface area contributed by atoms with E-state index < -0.39 is 0 Å². The number of hydrogen-bond acceptors (Lipinski definition) is 0. The molecule has 0 aromatic heterocycles. The molecule has 0 aliphatic carbocycles. The third-order valence-electron chi connectivity index (χ3n) is 1.18. The van der Waals surface area contributed by atoms with Gasteiger partial charge in [0, 0.05) is 0 Å². The van der Waals surface area contributed by atoms with Crippen LogP contribution in [0.1, 0.15) is 26.2 Å². The molecule has 1 radical (unpaired) electrons. The van der Waals surface area contributed by atoms with Gasteiger partial charge < -0.3 is 0 Å². The molecule has 0 aromatic rings. The molecule has 0 amide bonds. The Bertz CT molecular complexity index is 118. The first-order valence-corrected chi connectivity index (χ1v) is 3.73. The molecule has 0 rings (SSSR count). The van der Waals surface area contributed by atoms with Crippen LogP contribution in [0.25, 0.3) is 0 Å². The summed E-state index contributed by atoms with van der Waals surface area (Å²) in [4.78, 5) is 0. The van der Waals surface area contributed by atoms with Gasteiger partial charge in [0.15, 0.2) is 0 Å². The van der Waals surface area contributed by atoms with Gasteiger partial charge in [-0.15, -0.1) is 0 Å². The molecular formula is C10H15. The van der Waals surface area contributed by atoms with Crippen molar-refractivity contribution in [2.75, 3.05) is 0 Å². The van der Waals surface area contributed by atoms with Gasteiger partial charge in [-0.2, -0.15) is 0 Å². The van der Waals surface area contributed by atoms with Crippen LogP contribution in [-0.2, 0) is 0 Å². The Morgan fingerprint density at radius 2 is 2.00 bits per heavy atom. The molecule has 0 nitrogen and oxygen atoms in total. The zero-order valence-electron chi connectivity index (χ0n) is 6.59. The van der Waals surface area contributed by atoms with Crippen molar-refractivity contribution in [3.8, 4) is 0 Å². The van der Waals surface area contributed by atoms with Crippen LogP contribution in [0.5, 0.6) is 0 Å². The molecule has 0 heterocycles. The van der Waals surface area contributed by atoms with Crippen LogP contribution in [0.3, 0.4) is 0 Å². The largest absolute Gasteiger partial charge is 0.0877 e. The smallest absolute Gasteiger partial charge is 0.0345 e. The number of unbranched alkanes of at least 4 members (excludes halogenated alkanes) is 2. The molecule has 0 atom stereocenters. The van der Waals surface area contributed by atoms with E-state index in [0.29, 0.717) is 0 Å². The lowest BCUT2D eigenvalue weighted by atomic mass is 10.2. The predicted octanol–water partition coefficient (Wildman–Crippen LogP) is 3.28. The van der Waals surface area contributed by atoms with Crippen molar-refractivity contribution in [3.63, 3.8) is 0 Å². The normalized spacial score (nSPS) is 11.3. The summed E-state index contributed by atoms with van der Waals surface area (Å²) in [7, 11) is 0. The Hall–Kier alpha value is -0.780. The molecule has 0 spiro atoms. The highest BCUT2D eigenvalue weighted by Crippen LogP contribution is 1.96. The minimum absolute atomic E-state index is 1.01. The average molecular weight is 135 g/mol. The molecule has 55 valence electrons. The monoisotopic (exact) mass is 135 g/mol. The molecule has 0 N–H and O–H groups in total.